The Bertz CT molecular complexity index is 640. The smallest absolute Gasteiger partial charge is 0.258 e. The second-order valence-corrected chi connectivity index (χ2v) is 5.19. The van der Waals surface area contributed by atoms with E-state index >= 15 is 0 Å². The summed E-state index contributed by atoms with van der Waals surface area (Å²) in [6.45, 7) is 3.45. The number of carbonyl (C=O) groups excluding carboxylic acids is 1. The maximum Gasteiger partial charge on any atom is 0.258 e. The summed E-state index contributed by atoms with van der Waals surface area (Å²) < 4.78 is 16.1. The third kappa shape index (κ3) is 5.59. The number of methoxy groups -OCH3 is 1. The van der Waals surface area contributed by atoms with Gasteiger partial charge >= 0.3 is 0 Å². The Labute approximate surface area is 142 Å². The van der Waals surface area contributed by atoms with Crippen LogP contribution in [-0.4, -0.2) is 26.2 Å². The van der Waals surface area contributed by atoms with E-state index in [-0.39, 0.29) is 12.5 Å². The first kappa shape index (κ1) is 17.8. The zero-order valence-electron chi connectivity index (χ0n) is 14.1. The summed E-state index contributed by atoms with van der Waals surface area (Å²) >= 11 is 0. The number of ether oxygens (including phenoxy) is 3. The fourth-order valence-electron chi connectivity index (χ4n) is 2.16. The van der Waals surface area contributed by atoms with E-state index in [4.69, 9.17) is 14.2 Å². The van der Waals surface area contributed by atoms with Gasteiger partial charge in [0.05, 0.1) is 13.2 Å². The van der Waals surface area contributed by atoms with Crippen LogP contribution in [0.15, 0.2) is 48.5 Å². The molecule has 0 spiro atoms. The quantitative estimate of drug-likeness (QED) is 0.768. The van der Waals surface area contributed by atoms with Gasteiger partial charge in [0.1, 0.15) is 0 Å². The van der Waals surface area contributed by atoms with Gasteiger partial charge in [-0.3, -0.25) is 4.79 Å². The van der Waals surface area contributed by atoms with Gasteiger partial charge in [0.15, 0.2) is 18.1 Å². The number of amides is 1. The summed E-state index contributed by atoms with van der Waals surface area (Å²) in [6, 6.07) is 15.2. The number of benzene rings is 2. The van der Waals surface area contributed by atoms with Crippen LogP contribution in [0.5, 0.6) is 11.5 Å². The summed E-state index contributed by atoms with van der Waals surface area (Å²) in [5.41, 5.74) is 2.13. The van der Waals surface area contributed by atoms with Gasteiger partial charge in [-0.25, -0.2) is 0 Å². The van der Waals surface area contributed by atoms with Crippen molar-refractivity contribution < 1.29 is 19.0 Å². The Balaban J connectivity index is 1.79. The molecule has 5 nitrogen and oxygen atoms in total. The molecule has 0 aliphatic rings. The zero-order valence-corrected chi connectivity index (χ0v) is 14.1. The van der Waals surface area contributed by atoms with E-state index in [9.17, 15) is 4.79 Å². The highest BCUT2D eigenvalue weighted by Gasteiger charge is 2.07. The number of rotatable bonds is 9. The summed E-state index contributed by atoms with van der Waals surface area (Å²) in [4.78, 5) is 11.9. The van der Waals surface area contributed by atoms with E-state index in [1.54, 1.807) is 13.2 Å². The van der Waals surface area contributed by atoms with Crippen LogP contribution in [0.3, 0.4) is 0 Å². The van der Waals surface area contributed by atoms with Crippen LogP contribution in [0.4, 0.5) is 0 Å². The Kier molecular flexibility index (Phi) is 7.11. The van der Waals surface area contributed by atoms with Gasteiger partial charge in [-0.15, -0.1) is 0 Å². The summed E-state index contributed by atoms with van der Waals surface area (Å²) in [5.74, 6) is 1.03. The largest absolute Gasteiger partial charge is 0.490 e. The lowest BCUT2D eigenvalue weighted by Gasteiger charge is -2.11. The van der Waals surface area contributed by atoms with Crippen molar-refractivity contribution in [2.24, 2.45) is 0 Å². The van der Waals surface area contributed by atoms with Gasteiger partial charge in [-0.05, 0) is 30.2 Å². The van der Waals surface area contributed by atoms with E-state index in [0.29, 0.717) is 31.3 Å². The van der Waals surface area contributed by atoms with Crippen molar-refractivity contribution >= 4 is 5.91 Å². The zero-order chi connectivity index (χ0) is 17.2. The van der Waals surface area contributed by atoms with Crippen molar-refractivity contribution in [3.8, 4) is 11.5 Å². The molecule has 0 aliphatic heterocycles. The van der Waals surface area contributed by atoms with Crippen molar-refractivity contribution in [1.82, 2.24) is 5.32 Å². The first-order chi connectivity index (χ1) is 11.7. The lowest BCUT2D eigenvalue weighted by atomic mass is 10.1. The molecular formula is C19H23NO4. The SMILES string of the molecule is CCOc1ccccc1OCC(=O)NCc1ccc(COC)cc1. The molecule has 2 aromatic rings. The predicted octanol–water partition coefficient (Wildman–Crippen LogP) is 2.93. The minimum Gasteiger partial charge on any atom is -0.490 e. The van der Waals surface area contributed by atoms with Gasteiger partial charge in [0.25, 0.3) is 5.91 Å². The average Bonchev–Trinajstić information content (AvgIpc) is 2.61. The standard InChI is InChI=1S/C19H23NO4/c1-3-23-17-6-4-5-7-18(17)24-14-19(21)20-12-15-8-10-16(11-9-15)13-22-2/h4-11H,3,12-14H2,1-2H3,(H,20,21). The Morgan fingerprint density at radius 2 is 1.58 bits per heavy atom. The molecule has 0 atom stereocenters. The molecule has 0 heterocycles. The van der Waals surface area contributed by atoms with Crippen molar-refractivity contribution in [3.63, 3.8) is 0 Å². The first-order valence-electron chi connectivity index (χ1n) is 7.91. The van der Waals surface area contributed by atoms with Crippen molar-refractivity contribution in [2.45, 2.75) is 20.1 Å². The van der Waals surface area contributed by atoms with Gasteiger partial charge in [-0.2, -0.15) is 0 Å². The summed E-state index contributed by atoms with van der Waals surface area (Å²) in [6.07, 6.45) is 0. The van der Waals surface area contributed by atoms with Crippen LogP contribution in [0.2, 0.25) is 0 Å². The number of carbonyl (C=O) groups is 1. The molecule has 0 radical (unpaired) electrons. The minimum absolute atomic E-state index is 0.0498. The monoisotopic (exact) mass is 329 g/mol. The van der Waals surface area contributed by atoms with Crippen molar-refractivity contribution in [3.05, 3.63) is 59.7 Å². The summed E-state index contributed by atoms with van der Waals surface area (Å²) in [7, 11) is 1.66. The molecule has 5 heteroatoms. The van der Waals surface area contributed by atoms with Crippen LogP contribution in [0.25, 0.3) is 0 Å². The highest BCUT2D eigenvalue weighted by atomic mass is 16.5. The highest BCUT2D eigenvalue weighted by molar-refractivity contribution is 5.77. The fraction of sp³-hybridized carbons (Fsp3) is 0.316. The average molecular weight is 329 g/mol. The maximum atomic E-state index is 11.9. The van der Waals surface area contributed by atoms with E-state index in [1.165, 1.54) is 0 Å². The van der Waals surface area contributed by atoms with Gasteiger partial charge < -0.3 is 19.5 Å². The number of hydrogen-bond acceptors (Lipinski definition) is 4. The Morgan fingerprint density at radius 1 is 0.958 bits per heavy atom. The summed E-state index contributed by atoms with van der Waals surface area (Å²) in [5, 5.41) is 2.84. The second-order valence-electron chi connectivity index (χ2n) is 5.19. The molecular weight excluding hydrogens is 306 g/mol. The molecule has 0 unspecified atom stereocenters. The molecule has 1 amide bonds. The molecule has 1 N–H and O–H groups in total. The number of nitrogens with one attached hydrogen (secondary N) is 1. The van der Waals surface area contributed by atoms with Gasteiger partial charge in [-0.1, -0.05) is 36.4 Å². The lowest BCUT2D eigenvalue weighted by molar-refractivity contribution is -0.123. The molecule has 128 valence electrons. The Morgan fingerprint density at radius 3 is 2.21 bits per heavy atom. The third-order valence-electron chi connectivity index (χ3n) is 3.33. The fourth-order valence-corrected chi connectivity index (χ4v) is 2.16. The molecule has 2 aromatic carbocycles. The second kappa shape index (κ2) is 9.57. The molecule has 0 saturated heterocycles. The van der Waals surface area contributed by atoms with Crippen molar-refractivity contribution in [2.75, 3.05) is 20.3 Å². The highest BCUT2D eigenvalue weighted by Crippen LogP contribution is 2.26. The predicted molar refractivity (Wildman–Crippen MR) is 92.1 cm³/mol. The van der Waals surface area contributed by atoms with E-state index in [2.05, 4.69) is 5.32 Å². The molecule has 24 heavy (non-hydrogen) atoms. The number of hydrogen-bond donors (Lipinski definition) is 1. The van der Waals surface area contributed by atoms with E-state index < -0.39 is 0 Å². The normalized spacial score (nSPS) is 10.2. The molecule has 0 aliphatic carbocycles. The first-order valence-corrected chi connectivity index (χ1v) is 7.91. The molecule has 0 saturated carbocycles. The van der Waals surface area contributed by atoms with Crippen molar-refractivity contribution in [1.29, 1.82) is 0 Å². The minimum atomic E-state index is -0.178. The van der Waals surface area contributed by atoms with E-state index in [1.807, 2.05) is 49.4 Å². The molecule has 0 fully saturated rings. The third-order valence-corrected chi connectivity index (χ3v) is 3.33. The van der Waals surface area contributed by atoms with E-state index in [0.717, 1.165) is 11.1 Å². The molecule has 0 aromatic heterocycles. The van der Waals surface area contributed by atoms with Crippen LogP contribution in [-0.2, 0) is 22.7 Å². The van der Waals surface area contributed by atoms with Crippen LogP contribution in [0.1, 0.15) is 18.1 Å². The topological polar surface area (TPSA) is 56.8 Å². The maximum absolute atomic E-state index is 11.9. The molecule has 2 rings (SSSR count). The Hall–Kier alpha value is -2.53. The van der Waals surface area contributed by atoms with Crippen LogP contribution in [0, 0.1) is 0 Å². The van der Waals surface area contributed by atoms with Gasteiger partial charge in [0, 0.05) is 13.7 Å². The van der Waals surface area contributed by atoms with Crippen LogP contribution >= 0.6 is 0 Å². The lowest BCUT2D eigenvalue weighted by Crippen LogP contribution is -2.28. The number of para-hydroxylation sites is 2. The molecule has 0 bridgehead atoms. The van der Waals surface area contributed by atoms with Gasteiger partial charge in [0.2, 0.25) is 0 Å². The van der Waals surface area contributed by atoms with Crippen LogP contribution < -0.4 is 14.8 Å².